The van der Waals surface area contributed by atoms with Crippen LogP contribution in [0.3, 0.4) is 0 Å². The molecule has 98 valence electrons. The summed E-state index contributed by atoms with van der Waals surface area (Å²) < 4.78 is 0. The highest BCUT2D eigenvalue weighted by Gasteiger charge is 2.15. The zero-order valence-corrected chi connectivity index (χ0v) is 11.1. The van der Waals surface area contributed by atoms with Crippen LogP contribution >= 0.6 is 0 Å². The molecule has 0 bridgehead atoms. The Bertz CT molecular complexity index is 431. The quantitative estimate of drug-likeness (QED) is 0.822. The van der Waals surface area contributed by atoms with Crippen molar-refractivity contribution in [3.63, 3.8) is 0 Å². The van der Waals surface area contributed by atoms with Gasteiger partial charge in [0.2, 0.25) is 5.91 Å². The van der Waals surface area contributed by atoms with Crippen molar-refractivity contribution in [2.45, 2.75) is 19.9 Å². The lowest BCUT2D eigenvalue weighted by molar-refractivity contribution is -0.121. The van der Waals surface area contributed by atoms with Gasteiger partial charge in [0.05, 0.1) is 6.54 Å². The number of fused-ring (bicyclic) bond motifs is 1. The fraction of sp³-hybridized carbons (Fsp3) is 0.500. The maximum atomic E-state index is 11.5. The summed E-state index contributed by atoms with van der Waals surface area (Å²) >= 11 is 0. The summed E-state index contributed by atoms with van der Waals surface area (Å²) in [6, 6.07) is 6.40. The van der Waals surface area contributed by atoms with Crippen LogP contribution in [0.1, 0.15) is 18.1 Å². The number of hydrogen-bond donors (Lipinski definition) is 2. The molecular formula is C14H21N3O. The zero-order valence-electron chi connectivity index (χ0n) is 11.1. The number of amides is 1. The summed E-state index contributed by atoms with van der Waals surface area (Å²) in [5.41, 5.74) is 3.93. The van der Waals surface area contributed by atoms with Crippen molar-refractivity contribution in [1.29, 1.82) is 0 Å². The Morgan fingerprint density at radius 1 is 1.50 bits per heavy atom. The van der Waals surface area contributed by atoms with Crippen LogP contribution in [-0.4, -0.2) is 37.5 Å². The Morgan fingerprint density at radius 3 is 3.11 bits per heavy atom. The molecule has 0 saturated carbocycles. The number of hydrogen-bond acceptors (Lipinski definition) is 3. The lowest BCUT2D eigenvalue weighted by atomic mass is 10.1. The second kappa shape index (κ2) is 5.87. The molecule has 0 unspecified atom stereocenters. The van der Waals surface area contributed by atoms with Crippen molar-refractivity contribution in [3.05, 3.63) is 29.3 Å². The third-order valence-corrected chi connectivity index (χ3v) is 3.16. The summed E-state index contributed by atoms with van der Waals surface area (Å²) in [5, 5.41) is 6.24. The average Bonchev–Trinajstić information content (AvgIpc) is 2.78. The van der Waals surface area contributed by atoms with Gasteiger partial charge in [-0.15, -0.1) is 0 Å². The van der Waals surface area contributed by atoms with E-state index in [1.807, 2.05) is 18.9 Å². The van der Waals surface area contributed by atoms with Crippen molar-refractivity contribution < 1.29 is 4.79 Å². The lowest BCUT2D eigenvalue weighted by Gasteiger charge is -2.18. The van der Waals surface area contributed by atoms with Crippen LogP contribution in [-0.2, 0) is 17.8 Å². The third-order valence-electron chi connectivity index (χ3n) is 3.16. The first-order valence-corrected chi connectivity index (χ1v) is 6.50. The van der Waals surface area contributed by atoms with Crippen molar-refractivity contribution in [2.75, 3.05) is 32.0 Å². The Hall–Kier alpha value is -1.55. The van der Waals surface area contributed by atoms with E-state index < -0.39 is 0 Å². The predicted octanol–water partition coefficient (Wildman–Crippen LogP) is 1.22. The first-order valence-electron chi connectivity index (χ1n) is 6.50. The molecular weight excluding hydrogens is 226 g/mol. The summed E-state index contributed by atoms with van der Waals surface area (Å²) in [6.07, 6.45) is 1.10. The van der Waals surface area contributed by atoms with E-state index in [-0.39, 0.29) is 5.91 Å². The molecule has 1 amide bonds. The number of para-hydroxylation sites is 1. The molecule has 4 nitrogen and oxygen atoms in total. The molecule has 0 spiro atoms. The SMILES string of the molecule is CCNC(=O)CN(C)Cc1cccc2c1NCC2. The van der Waals surface area contributed by atoms with Crippen LogP contribution in [0.2, 0.25) is 0 Å². The zero-order chi connectivity index (χ0) is 13.0. The summed E-state index contributed by atoms with van der Waals surface area (Å²) in [4.78, 5) is 13.6. The largest absolute Gasteiger partial charge is 0.384 e. The molecule has 0 saturated heterocycles. The van der Waals surface area contributed by atoms with Crippen LogP contribution in [0.4, 0.5) is 5.69 Å². The molecule has 4 heteroatoms. The molecule has 1 aromatic rings. The van der Waals surface area contributed by atoms with E-state index in [0.29, 0.717) is 13.1 Å². The van der Waals surface area contributed by atoms with Gasteiger partial charge in [0, 0.05) is 25.3 Å². The third kappa shape index (κ3) is 3.01. The number of benzene rings is 1. The van der Waals surface area contributed by atoms with Gasteiger partial charge in [0.15, 0.2) is 0 Å². The van der Waals surface area contributed by atoms with Crippen LogP contribution in [0, 0.1) is 0 Å². The number of nitrogens with one attached hydrogen (secondary N) is 2. The number of rotatable bonds is 5. The number of carbonyl (C=O) groups excluding carboxylic acids is 1. The molecule has 0 aliphatic carbocycles. The molecule has 0 atom stereocenters. The van der Waals surface area contributed by atoms with Gasteiger partial charge in [-0.3, -0.25) is 9.69 Å². The topological polar surface area (TPSA) is 44.4 Å². The van der Waals surface area contributed by atoms with E-state index in [4.69, 9.17) is 0 Å². The smallest absolute Gasteiger partial charge is 0.234 e. The number of carbonyl (C=O) groups is 1. The standard InChI is InChI=1S/C14H21N3O/c1-3-15-13(18)10-17(2)9-12-6-4-5-11-7-8-16-14(11)12/h4-6,16H,3,7-10H2,1-2H3,(H,15,18). The molecule has 0 fully saturated rings. The Kier molecular flexibility index (Phi) is 4.20. The fourth-order valence-electron chi connectivity index (χ4n) is 2.39. The lowest BCUT2D eigenvalue weighted by Crippen LogP contribution is -2.34. The average molecular weight is 247 g/mol. The monoisotopic (exact) mass is 247 g/mol. The van der Waals surface area contributed by atoms with Gasteiger partial charge >= 0.3 is 0 Å². The molecule has 2 rings (SSSR count). The molecule has 0 aromatic heterocycles. The van der Waals surface area contributed by atoms with Crippen molar-refractivity contribution in [2.24, 2.45) is 0 Å². The summed E-state index contributed by atoms with van der Waals surface area (Å²) in [7, 11) is 1.98. The van der Waals surface area contributed by atoms with E-state index in [0.717, 1.165) is 19.5 Å². The second-order valence-corrected chi connectivity index (χ2v) is 4.75. The molecule has 1 aromatic carbocycles. The minimum atomic E-state index is 0.0838. The normalized spacial score (nSPS) is 13.3. The maximum Gasteiger partial charge on any atom is 0.234 e. The maximum absolute atomic E-state index is 11.5. The van der Waals surface area contributed by atoms with Crippen LogP contribution in [0.5, 0.6) is 0 Å². The van der Waals surface area contributed by atoms with E-state index >= 15 is 0 Å². The number of anilines is 1. The predicted molar refractivity (Wildman–Crippen MR) is 73.7 cm³/mol. The van der Waals surface area contributed by atoms with Crippen molar-refractivity contribution in [3.8, 4) is 0 Å². The van der Waals surface area contributed by atoms with Gasteiger partial charge in [-0.2, -0.15) is 0 Å². The highest BCUT2D eigenvalue weighted by atomic mass is 16.1. The highest BCUT2D eigenvalue weighted by molar-refractivity contribution is 5.77. The summed E-state index contributed by atoms with van der Waals surface area (Å²) in [6.45, 7) is 4.89. The molecule has 1 aliphatic rings. The van der Waals surface area contributed by atoms with Gasteiger partial charge in [-0.1, -0.05) is 18.2 Å². The van der Waals surface area contributed by atoms with Crippen LogP contribution < -0.4 is 10.6 Å². The molecule has 0 radical (unpaired) electrons. The Morgan fingerprint density at radius 2 is 2.33 bits per heavy atom. The van der Waals surface area contributed by atoms with Crippen molar-refractivity contribution in [1.82, 2.24) is 10.2 Å². The first kappa shape index (κ1) is 12.9. The Balaban J connectivity index is 1.97. The van der Waals surface area contributed by atoms with Gasteiger partial charge in [0.1, 0.15) is 0 Å². The minimum absolute atomic E-state index is 0.0838. The first-order chi connectivity index (χ1) is 8.70. The van der Waals surface area contributed by atoms with E-state index in [1.54, 1.807) is 0 Å². The highest BCUT2D eigenvalue weighted by Crippen LogP contribution is 2.26. The minimum Gasteiger partial charge on any atom is -0.384 e. The molecule has 1 heterocycles. The van der Waals surface area contributed by atoms with Crippen molar-refractivity contribution >= 4 is 11.6 Å². The van der Waals surface area contributed by atoms with Gasteiger partial charge in [-0.25, -0.2) is 0 Å². The molecule has 2 N–H and O–H groups in total. The summed E-state index contributed by atoms with van der Waals surface area (Å²) in [5.74, 6) is 0.0838. The number of nitrogens with zero attached hydrogens (tertiary/aromatic N) is 1. The number of likely N-dealkylation sites (N-methyl/N-ethyl adjacent to an activating group) is 2. The Labute approximate surface area is 108 Å². The van der Waals surface area contributed by atoms with Gasteiger partial charge < -0.3 is 10.6 Å². The fourth-order valence-corrected chi connectivity index (χ4v) is 2.39. The van der Waals surface area contributed by atoms with Gasteiger partial charge in [-0.05, 0) is 31.5 Å². The molecule has 18 heavy (non-hydrogen) atoms. The van der Waals surface area contributed by atoms with E-state index in [9.17, 15) is 4.79 Å². The van der Waals surface area contributed by atoms with E-state index in [1.165, 1.54) is 16.8 Å². The van der Waals surface area contributed by atoms with Gasteiger partial charge in [0.25, 0.3) is 0 Å². The molecule has 1 aliphatic heterocycles. The van der Waals surface area contributed by atoms with Crippen LogP contribution in [0.15, 0.2) is 18.2 Å². The second-order valence-electron chi connectivity index (χ2n) is 4.75. The van der Waals surface area contributed by atoms with E-state index in [2.05, 4.69) is 28.8 Å². The van der Waals surface area contributed by atoms with Crippen LogP contribution in [0.25, 0.3) is 0 Å².